The van der Waals surface area contributed by atoms with Gasteiger partial charge in [0.25, 0.3) is 0 Å². The fourth-order valence-electron chi connectivity index (χ4n) is 1.61. The van der Waals surface area contributed by atoms with Crippen LogP contribution in [0.25, 0.3) is 10.2 Å². The molecule has 0 amide bonds. The fourth-order valence-corrected chi connectivity index (χ4v) is 2.62. The molecule has 0 aliphatic heterocycles. The third kappa shape index (κ3) is 2.32. The number of rotatable bonds is 3. The number of aromatic nitrogens is 2. The second-order valence-corrected chi connectivity index (χ2v) is 5.32. The molecule has 0 aliphatic carbocycles. The van der Waals surface area contributed by atoms with Crippen LogP contribution in [-0.4, -0.2) is 9.97 Å². The highest BCUT2D eigenvalue weighted by atomic mass is 35.5. The monoisotopic (exact) mass is 279 g/mol. The normalized spacial score (nSPS) is 11.0. The van der Waals surface area contributed by atoms with Crippen molar-refractivity contribution < 1.29 is 4.42 Å². The van der Waals surface area contributed by atoms with Gasteiger partial charge in [-0.25, -0.2) is 9.97 Å². The summed E-state index contributed by atoms with van der Waals surface area (Å²) in [5.41, 5.74) is 0.901. The van der Waals surface area contributed by atoms with Crippen molar-refractivity contribution in [3.8, 4) is 0 Å². The fraction of sp³-hybridized carbons (Fsp3) is 0.167. The van der Waals surface area contributed by atoms with Crippen molar-refractivity contribution in [2.75, 3.05) is 5.32 Å². The second kappa shape index (κ2) is 4.59. The van der Waals surface area contributed by atoms with E-state index in [0.717, 1.165) is 21.1 Å². The molecule has 0 radical (unpaired) electrons. The van der Waals surface area contributed by atoms with Crippen LogP contribution in [0.4, 0.5) is 5.13 Å². The highest BCUT2D eigenvalue weighted by Gasteiger charge is 2.05. The molecule has 3 rings (SSSR count). The van der Waals surface area contributed by atoms with Gasteiger partial charge in [0.15, 0.2) is 5.13 Å². The largest absolute Gasteiger partial charge is 0.444 e. The zero-order valence-corrected chi connectivity index (χ0v) is 11.2. The van der Waals surface area contributed by atoms with Crippen molar-refractivity contribution in [1.29, 1.82) is 0 Å². The van der Waals surface area contributed by atoms with Crippen molar-refractivity contribution >= 4 is 38.3 Å². The molecule has 0 saturated carbocycles. The van der Waals surface area contributed by atoms with Crippen molar-refractivity contribution in [2.24, 2.45) is 0 Å². The van der Waals surface area contributed by atoms with Crippen LogP contribution in [0, 0.1) is 6.92 Å². The molecular formula is C12H10ClN3OS. The van der Waals surface area contributed by atoms with Crippen LogP contribution in [0.5, 0.6) is 0 Å². The molecule has 0 atom stereocenters. The molecule has 18 heavy (non-hydrogen) atoms. The van der Waals surface area contributed by atoms with Gasteiger partial charge in [0, 0.05) is 5.02 Å². The van der Waals surface area contributed by atoms with Crippen molar-refractivity contribution in [3.63, 3.8) is 0 Å². The van der Waals surface area contributed by atoms with Gasteiger partial charge in [-0.15, -0.1) is 0 Å². The first kappa shape index (κ1) is 11.5. The number of hydrogen-bond acceptors (Lipinski definition) is 5. The van der Waals surface area contributed by atoms with E-state index in [1.54, 1.807) is 17.5 Å². The molecule has 0 fully saturated rings. The Kier molecular flexibility index (Phi) is 2.93. The number of oxazole rings is 1. The number of benzene rings is 1. The average molecular weight is 280 g/mol. The van der Waals surface area contributed by atoms with Gasteiger partial charge in [0.05, 0.1) is 23.0 Å². The number of fused-ring (bicyclic) bond motifs is 1. The molecule has 3 aromatic rings. The smallest absolute Gasteiger partial charge is 0.213 e. The van der Waals surface area contributed by atoms with Crippen molar-refractivity contribution in [1.82, 2.24) is 9.97 Å². The Morgan fingerprint density at radius 3 is 3.11 bits per heavy atom. The third-order valence-corrected chi connectivity index (χ3v) is 3.64. The van der Waals surface area contributed by atoms with E-state index in [-0.39, 0.29) is 0 Å². The molecule has 2 aromatic heterocycles. The third-order valence-electron chi connectivity index (χ3n) is 2.41. The zero-order chi connectivity index (χ0) is 12.5. The lowest BCUT2D eigenvalue weighted by Crippen LogP contribution is -1.98. The summed E-state index contributed by atoms with van der Waals surface area (Å²) in [7, 11) is 0. The van der Waals surface area contributed by atoms with E-state index in [0.29, 0.717) is 17.5 Å². The predicted octanol–water partition coefficient (Wildman–Crippen LogP) is 3.86. The number of aryl methyl sites for hydroxylation is 1. The first-order valence-corrected chi connectivity index (χ1v) is 6.61. The molecule has 0 unspecified atom stereocenters. The summed E-state index contributed by atoms with van der Waals surface area (Å²) in [5, 5.41) is 4.72. The highest BCUT2D eigenvalue weighted by Crippen LogP contribution is 2.28. The molecule has 2 heterocycles. The minimum Gasteiger partial charge on any atom is -0.444 e. The molecule has 0 aliphatic rings. The first-order valence-electron chi connectivity index (χ1n) is 5.42. The SMILES string of the molecule is Cc1cnc(CNc2nc3cc(Cl)ccc3s2)o1. The van der Waals surface area contributed by atoms with Crippen LogP contribution in [-0.2, 0) is 6.54 Å². The van der Waals surface area contributed by atoms with E-state index in [4.69, 9.17) is 16.0 Å². The Hall–Kier alpha value is -1.59. The molecule has 4 nitrogen and oxygen atoms in total. The lowest BCUT2D eigenvalue weighted by molar-refractivity contribution is 0.479. The minimum atomic E-state index is 0.529. The quantitative estimate of drug-likeness (QED) is 0.791. The number of halogens is 1. The zero-order valence-electron chi connectivity index (χ0n) is 9.61. The Morgan fingerprint density at radius 1 is 1.44 bits per heavy atom. The minimum absolute atomic E-state index is 0.529. The lowest BCUT2D eigenvalue weighted by Gasteiger charge is -1.96. The number of anilines is 1. The Labute approximate surface area is 113 Å². The Balaban J connectivity index is 1.78. The average Bonchev–Trinajstić information content (AvgIpc) is 2.92. The number of nitrogens with zero attached hydrogens (tertiary/aromatic N) is 2. The molecule has 92 valence electrons. The summed E-state index contributed by atoms with van der Waals surface area (Å²) < 4.78 is 6.48. The maximum Gasteiger partial charge on any atom is 0.213 e. The van der Waals surface area contributed by atoms with E-state index in [1.807, 2.05) is 25.1 Å². The molecule has 0 spiro atoms. The van der Waals surface area contributed by atoms with Crippen LogP contribution in [0.3, 0.4) is 0 Å². The van der Waals surface area contributed by atoms with Crippen molar-refractivity contribution in [3.05, 3.63) is 41.1 Å². The number of thiazole rings is 1. The maximum absolute atomic E-state index is 5.92. The van der Waals surface area contributed by atoms with Crippen molar-refractivity contribution in [2.45, 2.75) is 13.5 Å². The summed E-state index contributed by atoms with van der Waals surface area (Å²) >= 11 is 7.50. The molecular weight excluding hydrogens is 270 g/mol. The summed E-state index contributed by atoms with van der Waals surface area (Å²) in [4.78, 5) is 8.57. The molecule has 1 aromatic carbocycles. The number of hydrogen-bond donors (Lipinski definition) is 1. The number of nitrogens with one attached hydrogen (secondary N) is 1. The summed E-state index contributed by atoms with van der Waals surface area (Å²) in [5.74, 6) is 1.47. The molecule has 6 heteroatoms. The Morgan fingerprint density at radius 2 is 2.33 bits per heavy atom. The van der Waals surface area contributed by atoms with E-state index in [2.05, 4.69) is 15.3 Å². The van der Waals surface area contributed by atoms with Crippen LogP contribution in [0.1, 0.15) is 11.7 Å². The molecule has 0 saturated heterocycles. The summed E-state index contributed by atoms with van der Waals surface area (Å²) in [6.07, 6.45) is 1.70. The van der Waals surface area contributed by atoms with E-state index < -0.39 is 0 Å². The summed E-state index contributed by atoms with van der Waals surface area (Å²) in [6.45, 7) is 2.40. The second-order valence-electron chi connectivity index (χ2n) is 3.85. The van der Waals surface area contributed by atoms with E-state index in [1.165, 1.54) is 0 Å². The first-order chi connectivity index (χ1) is 8.70. The van der Waals surface area contributed by atoms with Gasteiger partial charge in [0.1, 0.15) is 5.76 Å². The predicted molar refractivity (Wildman–Crippen MR) is 73.2 cm³/mol. The van der Waals surface area contributed by atoms with E-state index >= 15 is 0 Å². The van der Waals surface area contributed by atoms with Crippen LogP contribution in [0.2, 0.25) is 5.02 Å². The highest BCUT2D eigenvalue weighted by molar-refractivity contribution is 7.22. The maximum atomic E-state index is 5.92. The van der Waals surface area contributed by atoms with Gasteiger partial charge in [0.2, 0.25) is 5.89 Å². The van der Waals surface area contributed by atoms with Gasteiger partial charge in [-0.05, 0) is 25.1 Å². The lowest BCUT2D eigenvalue weighted by atomic mass is 10.3. The topological polar surface area (TPSA) is 51.0 Å². The molecule has 0 bridgehead atoms. The van der Waals surface area contributed by atoms with E-state index in [9.17, 15) is 0 Å². The van der Waals surface area contributed by atoms with Crippen LogP contribution >= 0.6 is 22.9 Å². The van der Waals surface area contributed by atoms with Crippen LogP contribution in [0.15, 0.2) is 28.8 Å². The van der Waals surface area contributed by atoms with Gasteiger partial charge in [-0.2, -0.15) is 0 Å². The van der Waals surface area contributed by atoms with Gasteiger partial charge >= 0.3 is 0 Å². The summed E-state index contributed by atoms with van der Waals surface area (Å²) in [6, 6.07) is 5.69. The standard InChI is InChI=1S/C12H10ClN3OS/c1-7-5-14-11(17-7)6-15-12-16-9-4-8(13)2-3-10(9)18-12/h2-5H,6H2,1H3,(H,15,16). The van der Waals surface area contributed by atoms with Gasteiger partial charge in [-0.1, -0.05) is 22.9 Å². The van der Waals surface area contributed by atoms with Gasteiger partial charge in [-0.3, -0.25) is 0 Å². The Bertz CT molecular complexity index is 692. The molecule has 1 N–H and O–H groups in total. The van der Waals surface area contributed by atoms with Crippen LogP contribution < -0.4 is 5.32 Å². The van der Waals surface area contributed by atoms with Gasteiger partial charge < -0.3 is 9.73 Å².